The molecule has 2 aromatic carbocycles. The zero-order valence-corrected chi connectivity index (χ0v) is 13.2. The van der Waals surface area contributed by atoms with E-state index < -0.39 is 0 Å². The molecule has 22 heavy (non-hydrogen) atoms. The van der Waals surface area contributed by atoms with Crippen LogP contribution in [0.4, 0.5) is 0 Å². The van der Waals surface area contributed by atoms with Crippen LogP contribution in [0.2, 0.25) is 0 Å². The van der Waals surface area contributed by atoms with Gasteiger partial charge in [-0.15, -0.1) is 12.0 Å². The molecule has 0 saturated carbocycles. The number of hydrogen-bond donors (Lipinski definition) is 0. The molecule has 0 radical (unpaired) electrons. The number of rotatable bonds is 1. The Morgan fingerprint density at radius 1 is 0.818 bits per heavy atom. The molecule has 0 saturated heterocycles. The smallest absolute Gasteiger partial charge is 0.106 e. The molecule has 0 unspecified atom stereocenters. The van der Waals surface area contributed by atoms with Crippen LogP contribution in [0.3, 0.4) is 0 Å². The van der Waals surface area contributed by atoms with Gasteiger partial charge in [0, 0.05) is 17.1 Å². The minimum absolute atomic E-state index is 0. The monoisotopic (exact) mass is 337 g/mol. The summed E-state index contributed by atoms with van der Waals surface area (Å²) in [5.41, 5.74) is 2.71. The Labute approximate surface area is 141 Å². The van der Waals surface area contributed by atoms with Gasteiger partial charge >= 0.3 is 0 Å². The van der Waals surface area contributed by atoms with E-state index in [2.05, 4.69) is 54.6 Å². The van der Waals surface area contributed by atoms with E-state index in [1.165, 1.54) is 21.9 Å². The number of carbonyl (C=O) groups is 3. The first kappa shape index (κ1) is 22.0. The minimum atomic E-state index is 0. The molecule has 1 aliphatic carbocycles. The number of carbonyl (C=O) groups excluding carboxylic acids is 3. The van der Waals surface area contributed by atoms with Gasteiger partial charge in [-0.25, -0.2) is 12.2 Å². The molecule has 116 valence electrons. The molecule has 0 aromatic heterocycles. The first-order valence-corrected chi connectivity index (χ1v) is 6.06. The molecule has 0 fully saturated rings. The van der Waals surface area contributed by atoms with Gasteiger partial charge < -0.3 is 14.4 Å². The van der Waals surface area contributed by atoms with Gasteiger partial charge in [-0.1, -0.05) is 42.5 Å². The van der Waals surface area contributed by atoms with Crippen molar-refractivity contribution in [1.29, 1.82) is 0 Å². The third-order valence-electron chi connectivity index (χ3n) is 2.83. The molecule has 0 amide bonds. The second kappa shape index (κ2) is 13.7. The summed E-state index contributed by atoms with van der Waals surface area (Å²) in [5, 5.41) is 2.64. The Morgan fingerprint density at radius 3 is 2.00 bits per heavy atom. The summed E-state index contributed by atoms with van der Waals surface area (Å²) in [6.45, 7) is 6.00. The van der Waals surface area contributed by atoms with Crippen molar-refractivity contribution in [3.05, 3.63) is 66.3 Å². The normalized spacial score (nSPS) is 10.5. The van der Waals surface area contributed by atoms with Crippen molar-refractivity contribution in [2.24, 2.45) is 0 Å². The van der Waals surface area contributed by atoms with Crippen molar-refractivity contribution in [3.63, 3.8) is 0 Å². The first-order valence-electron chi connectivity index (χ1n) is 6.06. The van der Waals surface area contributed by atoms with Gasteiger partial charge in [-0.05, 0) is 16.3 Å². The van der Waals surface area contributed by atoms with E-state index in [1.54, 1.807) is 0 Å². The first-order chi connectivity index (χ1) is 10.4. The summed E-state index contributed by atoms with van der Waals surface area (Å²) in [4.78, 5) is 24.0. The maximum Gasteiger partial charge on any atom is 0.106 e. The second-order valence-corrected chi connectivity index (χ2v) is 3.77. The molecule has 1 aliphatic rings. The van der Waals surface area contributed by atoms with E-state index in [1.807, 2.05) is 26.4 Å². The van der Waals surface area contributed by atoms with Crippen LogP contribution in [0.15, 0.2) is 54.6 Å². The van der Waals surface area contributed by atoms with Crippen LogP contribution in [-0.4, -0.2) is 20.4 Å². The fourth-order valence-corrected chi connectivity index (χ4v) is 2.08. The molecule has 0 heterocycles. The Hall–Kier alpha value is -2.29. The fraction of sp³-hybridized carbons (Fsp3) is 0.0556. The molecule has 3 nitrogen and oxygen atoms in total. The number of hydrogen-bond acceptors (Lipinski definition) is 3. The average molecular weight is 337 g/mol. The molecular formula is C18H17FeO3-. The topological polar surface area (TPSA) is 51.2 Å². The van der Waals surface area contributed by atoms with Crippen molar-refractivity contribution in [2.75, 3.05) is 0 Å². The van der Waals surface area contributed by atoms with Gasteiger partial charge in [0.15, 0.2) is 0 Å². The fourth-order valence-electron chi connectivity index (χ4n) is 2.08. The third kappa shape index (κ3) is 5.60. The predicted octanol–water partition coefficient (Wildman–Crippen LogP) is 3.43. The zero-order valence-electron chi connectivity index (χ0n) is 12.1. The molecule has 4 heteroatoms. The van der Waals surface area contributed by atoms with Gasteiger partial charge in [0.25, 0.3) is 0 Å². The van der Waals surface area contributed by atoms with E-state index in [0.717, 1.165) is 6.42 Å². The molecule has 0 N–H and O–H groups in total. The maximum atomic E-state index is 8.00. The molecule has 3 rings (SSSR count). The largest absolute Gasteiger partial charge is 0.307 e. The van der Waals surface area contributed by atoms with Gasteiger partial charge in [0.1, 0.15) is 20.4 Å². The van der Waals surface area contributed by atoms with Gasteiger partial charge in [0.05, 0.1) is 0 Å². The molecule has 0 atom stereocenters. The SMILES string of the molecule is C=O.C=O.C=O.[C-]1=CC=C(c2cccc3ccccc23)C1.[Fe]. The minimum Gasteiger partial charge on any atom is -0.307 e. The van der Waals surface area contributed by atoms with Gasteiger partial charge in [-0.3, -0.25) is 6.08 Å². The summed E-state index contributed by atoms with van der Waals surface area (Å²) in [6.07, 6.45) is 8.32. The summed E-state index contributed by atoms with van der Waals surface area (Å²) in [7, 11) is 0. The quantitative estimate of drug-likeness (QED) is 0.592. The van der Waals surface area contributed by atoms with Crippen molar-refractivity contribution in [1.82, 2.24) is 0 Å². The molecular weight excluding hydrogens is 320 g/mol. The third-order valence-corrected chi connectivity index (χ3v) is 2.83. The van der Waals surface area contributed by atoms with E-state index in [-0.39, 0.29) is 17.1 Å². The van der Waals surface area contributed by atoms with Crippen molar-refractivity contribution in [2.45, 2.75) is 6.42 Å². The van der Waals surface area contributed by atoms with Crippen LogP contribution in [-0.2, 0) is 31.5 Å². The standard InChI is InChI=1S/C15H11.3CH2O.Fe/c1-2-7-12(6-1)15-11-5-9-13-8-3-4-10-14(13)15;3*1-2;/h1,3-6,8-11H,7H2;3*1H2;/q-1;;;;. The van der Waals surface area contributed by atoms with Crippen LogP contribution >= 0.6 is 0 Å². The van der Waals surface area contributed by atoms with Crippen LogP contribution < -0.4 is 0 Å². The van der Waals surface area contributed by atoms with E-state index >= 15 is 0 Å². The van der Waals surface area contributed by atoms with E-state index in [0.29, 0.717) is 0 Å². The maximum absolute atomic E-state index is 8.00. The number of benzene rings is 2. The Bertz CT molecular complexity index is 611. The number of fused-ring (bicyclic) bond motifs is 1. The van der Waals surface area contributed by atoms with Crippen LogP contribution in [0, 0.1) is 6.08 Å². The van der Waals surface area contributed by atoms with Gasteiger partial charge in [0.2, 0.25) is 0 Å². The Morgan fingerprint density at radius 2 is 1.41 bits per heavy atom. The Balaban J connectivity index is 0. The number of allylic oxidation sites excluding steroid dienone is 4. The van der Waals surface area contributed by atoms with Crippen LogP contribution in [0.1, 0.15) is 12.0 Å². The molecule has 0 spiro atoms. The zero-order chi connectivity index (χ0) is 16.1. The molecule has 0 bridgehead atoms. The summed E-state index contributed by atoms with van der Waals surface area (Å²) >= 11 is 0. The van der Waals surface area contributed by atoms with Crippen molar-refractivity contribution in [3.8, 4) is 0 Å². The molecule has 2 aromatic rings. The van der Waals surface area contributed by atoms with Crippen LogP contribution in [0.5, 0.6) is 0 Å². The van der Waals surface area contributed by atoms with Crippen LogP contribution in [0.25, 0.3) is 16.3 Å². The molecule has 0 aliphatic heterocycles. The Kier molecular flexibility index (Phi) is 13.7. The second-order valence-electron chi connectivity index (χ2n) is 3.77. The van der Waals surface area contributed by atoms with Crippen molar-refractivity contribution >= 4 is 36.7 Å². The van der Waals surface area contributed by atoms with Gasteiger partial charge in [-0.2, -0.15) is 0 Å². The summed E-state index contributed by atoms with van der Waals surface area (Å²) in [5.74, 6) is 0. The summed E-state index contributed by atoms with van der Waals surface area (Å²) < 4.78 is 0. The average Bonchev–Trinajstić information content (AvgIpc) is 3.14. The van der Waals surface area contributed by atoms with E-state index in [9.17, 15) is 0 Å². The summed E-state index contributed by atoms with van der Waals surface area (Å²) in [6, 6.07) is 15.0. The predicted molar refractivity (Wildman–Crippen MR) is 85.7 cm³/mol. The van der Waals surface area contributed by atoms with Crippen molar-refractivity contribution < 1.29 is 31.5 Å². The van der Waals surface area contributed by atoms with E-state index in [4.69, 9.17) is 14.4 Å².